The number of hydrogen-bond donors (Lipinski definition) is 0. The fourth-order valence-corrected chi connectivity index (χ4v) is 3.75. The number of carbonyl (C=O) groups excluding carboxylic acids is 2. The molecule has 5 nitrogen and oxygen atoms in total. The van der Waals surface area contributed by atoms with Crippen molar-refractivity contribution in [3.63, 3.8) is 0 Å². The number of benzene rings is 2. The van der Waals surface area contributed by atoms with Gasteiger partial charge in [0.2, 0.25) is 0 Å². The molecule has 3 rings (SSSR count). The Hall–Kier alpha value is -2.65. The number of hydrogen-bond acceptors (Lipinski definition) is 5. The minimum absolute atomic E-state index is 0.0869. The summed E-state index contributed by atoms with van der Waals surface area (Å²) in [4.78, 5) is 26.1. The van der Waals surface area contributed by atoms with Gasteiger partial charge in [0.15, 0.2) is 11.5 Å². The summed E-state index contributed by atoms with van der Waals surface area (Å²) < 4.78 is 48.0. The number of thioether (sulfide) groups is 1. The van der Waals surface area contributed by atoms with Crippen molar-refractivity contribution in [2.75, 3.05) is 6.61 Å². The van der Waals surface area contributed by atoms with Crippen LogP contribution in [0.4, 0.5) is 18.0 Å². The fourth-order valence-electron chi connectivity index (χ4n) is 2.68. The molecule has 158 valence electrons. The van der Waals surface area contributed by atoms with Crippen molar-refractivity contribution in [3.05, 3.63) is 63.3 Å². The van der Waals surface area contributed by atoms with Crippen molar-refractivity contribution in [1.82, 2.24) is 4.90 Å². The number of rotatable bonds is 7. The standard InChI is InChI=1S/C20H15ClF3NO4S/c1-2-28-16-7-11(3-6-15(16)29-19(23)24)8-17-18(26)25(20(27)30-17)10-12-4-5-13(22)9-14(12)21/h3-9,19H,2,10H2,1H3/b17-8-. The molecular formula is C20H15ClF3NO4S. The van der Waals surface area contributed by atoms with Gasteiger partial charge in [0, 0.05) is 5.02 Å². The van der Waals surface area contributed by atoms with Crippen molar-refractivity contribution >= 4 is 40.6 Å². The van der Waals surface area contributed by atoms with E-state index < -0.39 is 23.6 Å². The molecule has 1 heterocycles. The molecule has 0 spiro atoms. The predicted molar refractivity (Wildman–Crippen MR) is 107 cm³/mol. The molecule has 1 fully saturated rings. The van der Waals surface area contributed by atoms with Crippen LogP contribution in [-0.4, -0.2) is 29.3 Å². The van der Waals surface area contributed by atoms with E-state index in [2.05, 4.69) is 4.74 Å². The third-order valence-corrected chi connectivity index (χ3v) is 5.26. The number of imide groups is 1. The minimum atomic E-state index is -3.01. The molecule has 10 heteroatoms. The minimum Gasteiger partial charge on any atom is -0.490 e. The lowest BCUT2D eigenvalue weighted by Gasteiger charge is -2.13. The molecule has 2 aromatic rings. The van der Waals surface area contributed by atoms with Gasteiger partial charge in [0.05, 0.1) is 18.1 Å². The zero-order valence-electron chi connectivity index (χ0n) is 15.5. The van der Waals surface area contributed by atoms with Crippen LogP contribution in [0.5, 0.6) is 11.5 Å². The average Bonchev–Trinajstić information content (AvgIpc) is 2.93. The molecule has 2 aromatic carbocycles. The van der Waals surface area contributed by atoms with E-state index in [-0.39, 0.29) is 34.6 Å². The van der Waals surface area contributed by atoms with Gasteiger partial charge in [0.25, 0.3) is 11.1 Å². The van der Waals surface area contributed by atoms with E-state index >= 15 is 0 Å². The maximum atomic E-state index is 13.2. The van der Waals surface area contributed by atoms with E-state index in [1.165, 1.54) is 36.4 Å². The van der Waals surface area contributed by atoms with Crippen molar-refractivity contribution in [3.8, 4) is 11.5 Å². The second-order valence-electron chi connectivity index (χ2n) is 6.02. The lowest BCUT2D eigenvalue weighted by molar-refractivity contribution is -0.123. The predicted octanol–water partition coefficient (Wildman–Crippen LogP) is 5.72. The Morgan fingerprint density at radius 1 is 1.17 bits per heavy atom. The number of carbonyl (C=O) groups is 2. The van der Waals surface area contributed by atoms with Crippen molar-refractivity contribution < 1.29 is 32.2 Å². The highest BCUT2D eigenvalue weighted by Crippen LogP contribution is 2.36. The van der Waals surface area contributed by atoms with Gasteiger partial charge in [-0.05, 0) is 60.2 Å². The summed E-state index contributed by atoms with van der Waals surface area (Å²) in [6, 6.07) is 7.89. The summed E-state index contributed by atoms with van der Waals surface area (Å²) in [7, 11) is 0. The zero-order chi connectivity index (χ0) is 21.8. The molecule has 0 atom stereocenters. The number of ether oxygens (including phenoxy) is 2. The summed E-state index contributed by atoms with van der Waals surface area (Å²) in [6.45, 7) is -1.21. The smallest absolute Gasteiger partial charge is 0.387 e. The Labute approximate surface area is 179 Å². The summed E-state index contributed by atoms with van der Waals surface area (Å²) in [5, 5.41) is -0.400. The maximum Gasteiger partial charge on any atom is 0.387 e. The highest BCUT2D eigenvalue weighted by molar-refractivity contribution is 8.18. The van der Waals surface area contributed by atoms with Gasteiger partial charge in [0.1, 0.15) is 5.82 Å². The van der Waals surface area contributed by atoms with Crippen LogP contribution in [0.15, 0.2) is 41.3 Å². The molecule has 0 bridgehead atoms. The van der Waals surface area contributed by atoms with Gasteiger partial charge in [-0.2, -0.15) is 8.78 Å². The van der Waals surface area contributed by atoms with Crippen molar-refractivity contribution in [1.29, 1.82) is 0 Å². The average molecular weight is 458 g/mol. The second kappa shape index (κ2) is 9.44. The molecule has 0 unspecified atom stereocenters. The Morgan fingerprint density at radius 2 is 1.93 bits per heavy atom. The SMILES string of the molecule is CCOc1cc(/C=C2\SC(=O)N(Cc3ccc(F)cc3Cl)C2=O)ccc1OC(F)F. The molecule has 0 saturated carbocycles. The maximum absolute atomic E-state index is 13.2. The molecule has 30 heavy (non-hydrogen) atoms. The van der Waals surface area contributed by atoms with Crippen LogP contribution in [0.1, 0.15) is 18.1 Å². The molecule has 1 saturated heterocycles. The summed E-state index contributed by atoms with van der Waals surface area (Å²) in [5.74, 6) is -1.12. The highest BCUT2D eigenvalue weighted by Gasteiger charge is 2.35. The van der Waals surface area contributed by atoms with E-state index in [1.807, 2.05) is 0 Å². The Balaban J connectivity index is 1.83. The van der Waals surface area contributed by atoms with Crippen LogP contribution in [0.25, 0.3) is 6.08 Å². The van der Waals surface area contributed by atoms with Crippen LogP contribution >= 0.6 is 23.4 Å². The van der Waals surface area contributed by atoms with Gasteiger partial charge in [-0.3, -0.25) is 14.5 Å². The van der Waals surface area contributed by atoms with Crippen LogP contribution < -0.4 is 9.47 Å². The zero-order valence-corrected chi connectivity index (χ0v) is 17.1. The van der Waals surface area contributed by atoms with E-state index in [9.17, 15) is 22.8 Å². The van der Waals surface area contributed by atoms with Crippen LogP contribution in [0, 0.1) is 5.82 Å². The van der Waals surface area contributed by atoms with Crippen molar-refractivity contribution in [2.24, 2.45) is 0 Å². The first kappa shape index (κ1) is 22.0. The van der Waals surface area contributed by atoms with E-state index in [0.29, 0.717) is 11.1 Å². The quantitative estimate of drug-likeness (QED) is 0.498. The highest BCUT2D eigenvalue weighted by atomic mass is 35.5. The van der Waals surface area contributed by atoms with Crippen LogP contribution in [0.3, 0.4) is 0 Å². The summed E-state index contributed by atoms with van der Waals surface area (Å²) in [5.41, 5.74) is 0.888. The van der Waals surface area contributed by atoms with E-state index in [1.54, 1.807) is 6.92 Å². The lowest BCUT2D eigenvalue weighted by atomic mass is 10.1. The lowest BCUT2D eigenvalue weighted by Crippen LogP contribution is -2.27. The number of halogens is 4. The third kappa shape index (κ3) is 5.09. The van der Waals surface area contributed by atoms with Gasteiger partial charge in [-0.1, -0.05) is 23.7 Å². The Morgan fingerprint density at radius 3 is 2.60 bits per heavy atom. The fraction of sp³-hybridized carbons (Fsp3) is 0.200. The third-order valence-electron chi connectivity index (χ3n) is 4.00. The van der Waals surface area contributed by atoms with Gasteiger partial charge in [-0.15, -0.1) is 0 Å². The largest absolute Gasteiger partial charge is 0.490 e. The monoisotopic (exact) mass is 457 g/mol. The molecule has 1 aliphatic heterocycles. The topological polar surface area (TPSA) is 55.8 Å². The van der Waals surface area contributed by atoms with Gasteiger partial charge < -0.3 is 9.47 Å². The first-order chi connectivity index (χ1) is 14.3. The molecule has 0 N–H and O–H groups in total. The Bertz CT molecular complexity index is 1020. The van der Waals surface area contributed by atoms with E-state index in [4.69, 9.17) is 16.3 Å². The first-order valence-electron chi connectivity index (χ1n) is 8.69. The number of alkyl halides is 2. The van der Waals surface area contributed by atoms with E-state index in [0.717, 1.165) is 22.7 Å². The first-order valence-corrected chi connectivity index (χ1v) is 9.89. The molecule has 0 aromatic heterocycles. The van der Waals surface area contributed by atoms with Crippen LogP contribution in [-0.2, 0) is 11.3 Å². The summed E-state index contributed by atoms with van der Waals surface area (Å²) >= 11 is 6.71. The Kier molecular flexibility index (Phi) is 6.94. The van der Waals surface area contributed by atoms with Crippen molar-refractivity contribution in [2.45, 2.75) is 20.1 Å². The summed E-state index contributed by atoms with van der Waals surface area (Å²) in [6.07, 6.45) is 1.45. The molecule has 0 aliphatic carbocycles. The molecular weight excluding hydrogens is 443 g/mol. The molecule has 1 aliphatic rings. The number of amides is 2. The normalized spacial score (nSPS) is 15.4. The van der Waals surface area contributed by atoms with Gasteiger partial charge >= 0.3 is 6.61 Å². The number of nitrogens with zero attached hydrogens (tertiary/aromatic N) is 1. The molecule has 0 radical (unpaired) electrons. The van der Waals surface area contributed by atoms with Crippen LogP contribution in [0.2, 0.25) is 5.02 Å². The second-order valence-corrected chi connectivity index (χ2v) is 7.42. The molecule has 2 amide bonds. The van der Waals surface area contributed by atoms with Gasteiger partial charge in [-0.25, -0.2) is 4.39 Å².